The standard InChI is InChI=1S/C13H10O3S/c14-12(8-5-9(8)13(15)16)10-6-17-11-4-2-1-3-7(10)11/h1-4,6,8-9H,5H2,(H,15,16). The summed E-state index contributed by atoms with van der Waals surface area (Å²) in [5.74, 6) is -1.66. The summed E-state index contributed by atoms with van der Waals surface area (Å²) in [6.07, 6.45) is 0.484. The van der Waals surface area contributed by atoms with E-state index in [-0.39, 0.29) is 11.7 Å². The molecule has 0 spiro atoms. The molecule has 1 saturated carbocycles. The van der Waals surface area contributed by atoms with Gasteiger partial charge in [-0.2, -0.15) is 0 Å². The average Bonchev–Trinajstić information content (AvgIpc) is 3.02. The van der Waals surface area contributed by atoms with Gasteiger partial charge in [-0.3, -0.25) is 9.59 Å². The van der Waals surface area contributed by atoms with Crippen LogP contribution in [0.3, 0.4) is 0 Å². The quantitative estimate of drug-likeness (QED) is 0.847. The number of hydrogen-bond donors (Lipinski definition) is 1. The van der Waals surface area contributed by atoms with Gasteiger partial charge in [0, 0.05) is 26.9 Å². The Morgan fingerprint density at radius 1 is 1.24 bits per heavy atom. The van der Waals surface area contributed by atoms with Gasteiger partial charge in [-0.1, -0.05) is 18.2 Å². The van der Waals surface area contributed by atoms with Crippen LogP contribution in [0.5, 0.6) is 0 Å². The lowest BCUT2D eigenvalue weighted by Gasteiger charge is -1.97. The van der Waals surface area contributed by atoms with Crippen LogP contribution in [0.25, 0.3) is 10.1 Å². The van der Waals surface area contributed by atoms with Crippen molar-refractivity contribution in [3.63, 3.8) is 0 Å². The van der Waals surface area contributed by atoms with E-state index in [9.17, 15) is 9.59 Å². The van der Waals surface area contributed by atoms with E-state index in [4.69, 9.17) is 5.11 Å². The van der Waals surface area contributed by atoms with Crippen molar-refractivity contribution in [2.45, 2.75) is 6.42 Å². The molecule has 1 aromatic heterocycles. The molecule has 2 atom stereocenters. The number of fused-ring (bicyclic) bond motifs is 1. The monoisotopic (exact) mass is 246 g/mol. The van der Waals surface area contributed by atoms with Crippen LogP contribution in [0, 0.1) is 11.8 Å². The van der Waals surface area contributed by atoms with Gasteiger partial charge in [-0.15, -0.1) is 11.3 Å². The molecule has 1 aromatic carbocycles. The molecule has 1 aliphatic carbocycles. The molecule has 0 saturated heterocycles. The molecule has 0 bridgehead atoms. The summed E-state index contributed by atoms with van der Waals surface area (Å²) in [7, 11) is 0. The number of carbonyl (C=O) groups is 2. The maximum Gasteiger partial charge on any atom is 0.307 e. The van der Waals surface area contributed by atoms with Crippen LogP contribution >= 0.6 is 11.3 Å². The lowest BCUT2D eigenvalue weighted by molar-refractivity contribution is -0.138. The summed E-state index contributed by atoms with van der Waals surface area (Å²) < 4.78 is 1.07. The van der Waals surface area contributed by atoms with Crippen molar-refractivity contribution < 1.29 is 14.7 Å². The predicted octanol–water partition coefficient (Wildman–Crippen LogP) is 2.80. The summed E-state index contributed by atoms with van der Waals surface area (Å²) in [6.45, 7) is 0. The largest absolute Gasteiger partial charge is 0.481 e. The highest BCUT2D eigenvalue weighted by atomic mass is 32.1. The third kappa shape index (κ3) is 1.65. The number of rotatable bonds is 3. The van der Waals surface area contributed by atoms with Gasteiger partial charge in [0.25, 0.3) is 0 Å². The zero-order valence-corrected chi connectivity index (χ0v) is 9.74. The Morgan fingerprint density at radius 2 is 2.00 bits per heavy atom. The molecule has 0 amide bonds. The number of carboxylic acids is 1. The van der Waals surface area contributed by atoms with Crippen LogP contribution in [0.4, 0.5) is 0 Å². The molecule has 1 N–H and O–H groups in total. The Bertz CT molecular complexity index is 614. The molecule has 1 aliphatic rings. The Hall–Kier alpha value is -1.68. The first-order valence-corrected chi connectivity index (χ1v) is 6.29. The molecule has 0 radical (unpaired) electrons. The van der Waals surface area contributed by atoms with Crippen molar-refractivity contribution >= 4 is 33.2 Å². The topological polar surface area (TPSA) is 54.4 Å². The maximum absolute atomic E-state index is 12.1. The molecule has 0 aliphatic heterocycles. The third-order valence-corrected chi connectivity index (χ3v) is 4.15. The van der Waals surface area contributed by atoms with E-state index >= 15 is 0 Å². The van der Waals surface area contributed by atoms with Gasteiger partial charge in [0.1, 0.15) is 0 Å². The van der Waals surface area contributed by atoms with E-state index in [0.717, 1.165) is 10.1 Å². The number of benzene rings is 1. The van der Waals surface area contributed by atoms with Gasteiger partial charge in [0.05, 0.1) is 5.92 Å². The second-order valence-corrected chi connectivity index (χ2v) is 5.21. The minimum Gasteiger partial charge on any atom is -0.481 e. The Kier molecular flexibility index (Phi) is 2.26. The maximum atomic E-state index is 12.1. The molecule has 1 heterocycles. The molecule has 2 unspecified atom stereocenters. The van der Waals surface area contributed by atoms with Crippen LogP contribution in [0.1, 0.15) is 16.8 Å². The fraction of sp³-hybridized carbons (Fsp3) is 0.231. The van der Waals surface area contributed by atoms with Crippen LogP contribution in [-0.2, 0) is 4.79 Å². The summed E-state index contributed by atoms with van der Waals surface area (Å²) in [5.41, 5.74) is 0.680. The first-order chi connectivity index (χ1) is 8.18. The SMILES string of the molecule is O=C(O)C1CC1C(=O)c1csc2ccccc12. The zero-order valence-electron chi connectivity index (χ0n) is 8.92. The van der Waals surface area contributed by atoms with Crippen LogP contribution < -0.4 is 0 Å². The van der Waals surface area contributed by atoms with Crippen molar-refractivity contribution in [2.24, 2.45) is 11.8 Å². The summed E-state index contributed by atoms with van der Waals surface area (Å²) in [4.78, 5) is 22.9. The van der Waals surface area contributed by atoms with Gasteiger partial charge in [-0.25, -0.2) is 0 Å². The van der Waals surface area contributed by atoms with E-state index in [2.05, 4.69) is 0 Å². The van der Waals surface area contributed by atoms with Crippen molar-refractivity contribution in [1.29, 1.82) is 0 Å². The normalized spacial score (nSPS) is 22.6. The fourth-order valence-corrected chi connectivity index (χ4v) is 3.08. The number of carboxylic acid groups (broad SMARTS) is 1. The Balaban J connectivity index is 1.95. The van der Waals surface area contributed by atoms with Gasteiger partial charge < -0.3 is 5.11 Å². The lowest BCUT2D eigenvalue weighted by Crippen LogP contribution is -2.07. The number of thiophene rings is 1. The highest BCUT2D eigenvalue weighted by Gasteiger charge is 2.48. The van der Waals surface area contributed by atoms with Crippen molar-refractivity contribution in [3.8, 4) is 0 Å². The molecule has 17 heavy (non-hydrogen) atoms. The van der Waals surface area contributed by atoms with E-state index in [1.54, 1.807) is 0 Å². The van der Waals surface area contributed by atoms with Crippen molar-refractivity contribution in [1.82, 2.24) is 0 Å². The predicted molar refractivity (Wildman–Crippen MR) is 65.4 cm³/mol. The highest BCUT2D eigenvalue weighted by Crippen LogP contribution is 2.42. The van der Waals surface area contributed by atoms with Crippen LogP contribution in [0.2, 0.25) is 0 Å². The van der Waals surface area contributed by atoms with Gasteiger partial charge >= 0.3 is 5.97 Å². The highest BCUT2D eigenvalue weighted by molar-refractivity contribution is 7.17. The van der Waals surface area contributed by atoms with Crippen LogP contribution in [0.15, 0.2) is 29.6 Å². The molecular weight excluding hydrogens is 236 g/mol. The lowest BCUT2D eigenvalue weighted by atomic mass is 10.1. The number of carbonyl (C=O) groups excluding carboxylic acids is 1. The number of ketones is 1. The second-order valence-electron chi connectivity index (χ2n) is 4.30. The molecule has 86 valence electrons. The summed E-state index contributed by atoms with van der Waals surface area (Å²) >= 11 is 1.53. The fourth-order valence-electron chi connectivity index (χ4n) is 2.13. The Labute approximate surface area is 102 Å². The average molecular weight is 246 g/mol. The summed E-state index contributed by atoms with van der Waals surface area (Å²) in [6, 6.07) is 7.72. The molecule has 4 heteroatoms. The van der Waals surface area contributed by atoms with Crippen molar-refractivity contribution in [2.75, 3.05) is 0 Å². The van der Waals surface area contributed by atoms with E-state index in [1.807, 2.05) is 29.6 Å². The van der Waals surface area contributed by atoms with Gasteiger partial charge in [0.15, 0.2) is 5.78 Å². The molecule has 1 fully saturated rings. The first kappa shape index (κ1) is 10.5. The number of hydrogen-bond acceptors (Lipinski definition) is 3. The zero-order chi connectivity index (χ0) is 12.0. The summed E-state index contributed by atoms with van der Waals surface area (Å²) in [5, 5.41) is 11.6. The van der Waals surface area contributed by atoms with E-state index in [1.165, 1.54) is 11.3 Å². The van der Waals surface area contributed by atoms with Gasteiger partial charge in [0.2, 0.25) is 0 Å². The minimum atomic E-state index is -0.858. The van der Waals surface area contributed by atoms with E-state index < -0.39 is 11.9 Å². The minimum absolute atomic E-state index is 0.0187. The molecule has 3 rings (SSSR count). The number of Topliss-reactive ketones (excluding diaryl/α,β-unsaturated/α-hetero) is 1. The smallest absolute Gasteiger partial charge is 0.307 e. The number of aliphatic carboxylic acids is 1. The Morgan fingerprint density at radius 3 is 2.71 bits per heavy atom. The molecule has 2 aromatic rings. The third-order valence-electron chi connectivity index (χ3n) is 3.19. The molecule has 3 nitrogen and oxygen atoms in total. The van der Waals surface area contributed by atoms with E-state index in [0.29, 0.717) is 12.0 Å². The first-order valence-electron chi connectivity index (χ1n) is 5.41. The van der Waals surface area contributed by atoms with Gasteiger partial charge in [-0.05, 0) is 12.5 Å². The molecular formula is C13H10O3S. The van der Waals surface area contributed by atoms with Crippen molar-refractivity contribution in [3.05, 3.63) is 35.2 Å². The van der Waals surface area contributed by atoms with Crippen LogP contribution in [-0.4, -0.2) is 16.9 Å². The second kappa shape index (κ2) is 3.67.